The van der Waals surface area contributed by atoms with Gasteiger partial charge in [-0.1, -0.05) is 18.2 Å². The topological polar surface area (TPSA) is 71.0 Å². The van der Waals surface area contributed by atoms with E-state index in [1.54, 1.807) is 6.20 Å². The predicted octanol–water partition coefficient (Wildman–Crippen LogP) is 2.42. The van der Waals surface area contributed by atoms with Gasteiger partial charge in [0.2, 0.25) is 0 Å². The second kappa shape index (κ2) is 6.84. The molecule has 1 aromatic carbocycles. The lowest BCUT2D eigenvalue weighted by Gasteiger charge is -2.34. The normalized spacial score (nSPS) is 17.4. The number of benzene rings is 1. The first-order valence-corrected chi connectivity index (χ1v) is 8.47. The minimum atomic E-state index is -0.175. The summed E-state index contributed by atoms with van der Waals surface area (Å²) in [7, 11) is 0. The Morgan fingerprint density at radius 3 is 2.96 bits per heavy atom. The van der Waals surface area contributed by atoms with Crippen LogP contribution in [0.3, 0.4) is 0 Å². The fraction of sp³-hybridized carbons (Fsp3) is 0.263. The van der Waals surface area contributed by atoms with E-state index in [2.05, 4.69) is 38.4 Å². The number of para-hydroxylation sites is 1. The van der Waals surface area contributed by atoms with Gasteiger partial charge in [0.15, 0.2) is 0 Å². The van der Waals surface area contributed by atoms with Gasteiger partial charge in [0, 0.05) is 36.9 Å². The summed E-state index contributed by atoms with van der Waals surface area (Å²) in [4.78, 5) is 27.3. The first kappa shape index (κ1) is 15.5. The third kappa shape index (κ3) is 3.42. The first-order chi connectivity index (χ1) is 12.3. The predicted molar refractivity (Wildman–Crippen MR) is 96.5 cm³/mol. The van der Waals surface area contributed by atoms with E-state index < -0.39 is 0 Å². The summed E-state index contributed by atoms with van der Waals surface area (Å²) in [6.07, 6.45) is 6.54. The molecule has 6 heteroatoms. The monoisotopic (exact) mass is 333 g/mol. The van der Waals surface area contributed by atoms with Crippen molar-refractivity contribution in [1.29, 1.82) is 0 Å². The van der Waals surface area contributed by atoms with E-state index >= 15 is 0 Å². The molecule has 0 radical (unpaired) electrons. The molecule has 1 amide bonds. The SMILES string of the molecule is O=C(NC1CCCN(c2ccc3ccccc3n2)C1)c1cnccn1. The lowest BCUT2D eigenvalue weighted by atomic mass is 10.1. The van der Waals surface area contributed by atoms with Crippen molar-refractivity contribution in [3.63, 3.8) is 0 Å². The van der Waals surface area contributed by atoms with Crippen LogP contribution in [0.5, 0.6) is 0 Å². The van der Waals surface area contributed by atoms with Gasteiger partial charge in [-0.15, -0.1) is 0 Å². The van der Waals surface area contributed by atoms with E-state index in [1.807, 2.05) is 18.2 Å². The highest BCUT2D eigenvalue weighted by Crippen LogP contribution is 2.21. The fourth-order valence-corrected chi connectivity index (χ4v) is 3.21. The Morgan fingerprint density at radius 2 is 2.08 bits per heavy atom. The van der Waals surface area contributed by atoms with Crippen LogP contribution in [-0.4, -0.2) is 40.0 Å². The molecule has 1 N–H and O–H groups in total. The zero-order valence-electron chi connectivity index (χ0n) is 13.8. The van der Waals surface area contributed by atoms with Gasteiger partial charge in [-0.2, -0.15) is 0 Å². The Morgan fingerprint density at radius 1 is 1.16 bits per heavy atom. The summed E-state index contributed by atoms with van der Waals surface area (Å²) in [6.45, 7) is 1.69. The number of piperidine rings is 1. The van der Waals surface area contributed by atoms with Crippen molar-refractivity contribution in [3.8, 4) is 0 Å². The number of pyridine rings is 1. The molecule has 126 valence electrons. The van der Waals surface area contributed by atoms with Crippen molar-refractivity contribution in [2.45, 2.75) is 18.9 Å². The van der Waals surface area contributed by atoms with Crippen molar-refractivity contribution in [2.75, 3.05) is 18.0 Å². The Hall–Kier alpha value is -3.02. The summed E-state index contributed by atoms with van der Waals surface area (Å²) < 4.78 is 0. The number of fused-ring (bicyclic) bond motifs is 1. The Labute approximate surface area is 145 Å². The highest BCUT2D eigenvalue weighted by Gasteiger charge is 2.23. The molecule has 0 aliphatic carbocycles. The number of carbonyl (C=O) groups is 1. The number of nitrogens with one attached hydrogen (secondary N) is 1. The number of nitrogens with zero attached hydrogens (tertiary/aromatic N) is 4. The van der Waals surface area contributed by atoms with E-state index in [1.165, 1.54) is 12.4 Å². The molecular weight excluding hydrogens is 314 g/mol. The number of rotatable bonds is 3. The maximum Gasteiger partial charge on any atom is 0.271 e. The van der Waals surface area contributed by atoms with Crippen molar-refractivity contribution >= 4 is 22.6 Å². The molecule has 3 aromatic rings. The maximum absolute atomic E-state index is 12.3. The molecule has 2 aromatic heterocycles. The molecule has 1 aliphatic heterocycles. The summed E-state index contributed by atoms with van der Waals surface area (Å²) >= 11 is 0. The molecule has 0 saturated carbocycles. The quantitative estimate of drug-likeness (QED) is 0.797. The Balaban J connectivity index is 1.47. The van der Waals surface area contributed by atoms with E-state index in [0.29, 0.717) is 5.69 Å². The van der Waals surface area contributed by atoms with Gasteiger partial charge in [0.1, 0.15) is 11.5 Å². The molecule has 4 rings (SSSR count). The third-order valence-electron chi connectivity index (χ3n) is 4.46. The summed E-state index contributed by atoms with van der Waals surface area (Å²) in [5.41, 5.74) is 1.34. The summed E-state index contributed by atoms with van der Waals surface area (Å²) in [6, 6.07) is 12.3. The smallest absolute Gasteiger partial charge is 0.271 e. The molecule has 1 aliphatic rings. The lowest BCUT2D eigenvalue weighted by Crippen LogP contribution is -2.48. The maximum atomic E-state index is 12.3. The van der Waals surface area contributed by atoms with Crippen molar-refractivity contribution in [1.82, 2.24) is 20.3 Å². The van der Waals surface area contributed by atoms with Gasteiger partial charge in [0.25, 0.3) is 5.91 Å². The molecule has 6 nitrogen and oxygen atoms in total. The number of amides is 1. The highest BCUT2D eigenvalue weighted by molar-refractivity contribution is 5.92. The molecule has 3 heterocycles. The average molecular weight is 333 g/mol. The van der Waals surface area contributed by atoms with Gasteiger partial charge in [-0.05, 0) is 31.0 Å². The molecule has 1 unspecified atom stereocenters. The van der Waals surface area contributed by atoms with E-state index in [4.69, 9.17) is 4.98 Å². The van der Waals surface area contributed by atoms with Crippen molar-refractivity contribution < 1.29 is 4.79 Å². The third-order valence-corrected chi connectivity index (χ3v) is 4.46. The van der Waals surface area contributed by atoms with Crippen LogP contribution in [0.1, 0.15) is 23.3 Å². The average Bonchev–Trinajstić information content (AvgIpc) is 2.68. The van der Waals surface area contributed by atoms with Gasteiger partial charge >= 0.3 is 0 Å². The van der Waals surface area contributed by atoms with Gasteiger partial charge in [0.05, 0.1) is 11.7 Å². The second-order valence-electron chi connectivity index (χ2n) is 6.21. The largest absolute Gasteiger partial charge is 0.355 e. The van der Waals surface area contributed by atoms with E-state index in [-0.39, 0.29) is 11.9 Å². The number of hydrogen-bond acceptors (Lipinski definition) is 5. The van der Waals surface area contributed by atoms with Crippen LogP contribution >= 0.6 is 0 Å². The van der Waals surface area contributed by atoms with Crippen LogP contribution in [0.4, 0.5) is 5.82 Å². The van der Waals surface area contributed by atoms with Crippen LogP contribution in [-0.2, 0) is 0 Å². The van der Waals surface area contributed by atoms with Crippen LogP contribution < -0.4 is 10.2 Å². The molecule has 1 fully saturated rings. The molecule has 0 spiro atoms. The van der Waals surface area contributed by atoms with Gasteiger partial charge < -0.3 is 10.2 Å². The minimum Gasteiger partial charge on any atom is -0.355 e. The Bertz CT molecular complexity index is 883. The second-order valence-corrected chi connectivity index (χ2v) is 6.21. The van der Waals surface area contributed by atoms with Gasteiger partial charge in [-0.3, -0.25) is 9.78 Å². The first-order valence-electron chi connectivity index (χ1n) is 8.47. The summed E-state index contributed by atoms with van der Waals surface area (Å²) in [5, 5.41) is 4.20. The number of anilines is 1. The van der Waals surface area contributed by atoms with Crippen LogP contribution in [0, 0.1) is 0 Å². The number of aromatic nitrogens is 3. The van der Waals surface area contributed by atoms with Crippen LogP contribution in [0.25, 0.3) is 10.9 Å². The van der Waals surface area contributed by atoms with Crippen molar-refractivity contribution in [3.05, 3.63) is 60.7 Å². The van der Waals surface area contributed by atoms with E-state index in [0.717, 1.165) is 42.7 Å². The van der Waals surface area contributed by atoms with Crippen LogP contribution in [0.2, 0.25) is 0 Å². The van der Waals surface area contributed by atoms with Gasteiger partial charge in [-0.25, -0.2) is 9.97 Å². The number of carbonyl (C=O) groups excluding carboxylic acids is 1. The molecular formula is C19H19N5O. The molecule has 1 saturated heterocycles. The lowest BCUT2D eigenvalue weighted by molar-refractivity contribution is 0.0927. The highest BCUT2D eigenvalue weighted by atomic mass is 16.2. The van der Waals surface area contributed by atoms with E-state index in [9.17, 15) is 4.79 Å². The fourth-order valence-electron chi connectivity index (χ4n) is 3.21. The molecule has 1 atom stereocenters. The minimum absolute atomic E-state index is 0.0801. The molecule has 25 heavy (non-hydrogen) atoms. The van der Waals surface area contributed by atoms with Crippen molar-refractivity contribution in [2.24, 2.45) is 0 Å². The zero-order chi connectivity index (χ0) is 17.1. The Kier molecular flexibility index (Phi) is 4.24. The standard InChI is InChI=1S/C19H19N5O/c25-19(17-12-20-9-10-21-17)22-15-5-3-11-24(13-15)18-8-7-14-4-1-2-6-16(14)23-18/h1-2,4,6-10,12,15H,3,5,11,13H2,(H,22,25). The number of hydrogen-bond donors (Lipinski definition) is 1. The summed E-state index contributed by atoms with van der Waals surface area (Å²) in [5.74, 6) is 0.781. The molecule has 0 bridgehead atoms. The van der Waals surface area contributed by atoms with Crippen LogP contribution in [0.15, 0.2) is 55.0 Å². The zero-order valence-corrected chi connectivity index (χ0v) is 13.8.